The second kappa shape index (κ2) is 22.9. The van der Waals surface area contributed by atoms with Crippen LogP contribution in [0.3, 0.4) is 0 Å². The first-order valence-electron chi connectivity index (χ1n) is 30.6. The summed E-state index contributed by atoms with van der Waals surface area (Å²) in [6, 6.07) is 19.5. The maximum absolute atomic E-state index is 14.5. The highest BCUT2D eigenvalue weighted by molar-refractivity contribution is 7.13. The number of pyridine rings is 1. The number of nitrogens with one attached hydrogen (secondary N) is 1. The van der Waals surface area contributed by atoms with E-state index in [0.717, 1.165) is 131 Å². The van der Waals surface area contributed by atoms with Crippen molar-refractivity contribution in [3.05, 3.63) is 101 Å². The number of carbonyl (C=O) groups is 3. The number of anilines is 2. The van der Waals surface area contributed by atoms with E-state index in [2.05, 4.69) is 68.3 Å². The van der Waals surface area contributed by atoms with E-state index in [1.807, 2.05) is 75.8 Å². The average molecular weight is 1160 g/mol. The molecular formula is C65H77N11O7S. The second-order valence-corrected chi connectivity index (χ2v) is 25.7. The molecule has 0 bridgehead atoms. The molecule has 4 aromatic heterocycles. The number of ether oxygens (including phenoxy) is 2. The van der Waals surface area contributed by atoms with Gasteiger partial charge in [-0.2, -0.15) is 9.97 Å². The molecule has 3 aromatic carbocycles. The van der Waals surface area contributed by atoms with Crippen molar-refractivity contribution in [2.24, 2.45) is 5.92 Å². The van der Waals surface area contributed by atoms with Gasteiger partial charge in [0.05, 0.1) is 44.3 Å². The van der Waals surface area contributed by atoms with E-state index in [1.165, 1.54) is 18.4 Å². The molecule has 13 rings (SSSR count). The third kappa shape index (κ3) is 10.3. The van der Waals surface area contributed by atoms with Gasteiger partial charge in [0.1, 0.15) is 36.7 Å². The molecule has 5 saturated heterocycles. The molecule has 5 aliphatic heterocycles. The fourth-order valence-electron chi connectivity index (χ4n) is 14.8. The number of hydrogen-bond acceptors (Lipinski definition) is 16. The zero-order chi connectivity index (χ0) is 58.0. The first kappa shape index (κ1) is 55.8. The molecule has 2 N–H and O–H groups in total. The summed E-state index contributed by atoms with van der Waals surface area (Å²) in [5.41, 5.74) is 9.51. The maximum atomic E-state index is 14.5. The monoisotopic (exact) mass is 1160 g/mol. The van der Waals surface area contributed by atoms with Gasteiger partial charge < -0.3 is 44.0 Å². The Labute approximate surface area is 494 Å². The quantitative estimate of drug-likeness (QED) is 0.104. The topological polar surface area (TPSA) is 196 Å². The van der Waals surface area contributed by atoms with E-state index in [9.17, 15) is 19.5 Å². The van der Waals surface area contributed by atoms with Crippen LogP contribution in [0.4, 0.5) is 16.4 Å². The van der Waals surface area contributed by atoms with E-state index >= 15 is 0 Å². The lowest BCUT2D eigenvalue weighted by Crippen LogP contribution is -2.54. The van der Waals surface area contributed by atoms with Crippen LogP contribution < -0.4 is 19.9 Å². The molecule has 84 heavy (non-hydrogen) atoms. The van der Waals surface area contributed by atoms with E-state index in [4.69, 9.17) is 28.9 Å². The van der Waals surface area contributed by atoms with Gasteiger partial charge in [-0.1, -0.05) is 81.2 Å². The Morgan fingerprint density at radius 3 is 2.49 bits per heavy atom. The molecule has 5 fully saturated rings. The van der Waals surface area contributed by atoms with Gasteiger partial charge >= 0.3 is 12.1 Å². The van der Waals surface area contributed by atoms with Gasteiger partial charge in [-0.3, -0.25) is 19.5 Å². The van der Waals surface area contributed by atoms with Crippen LogP contribution in [-0.4, -0.2) is 145 Å². The van der Waals surface area contributed by atoms with E-state index in [0.29, 0.717) is 63.4 Å². The summed E-state index contributed by atoms with van der Waals surface area (Å²) < 4.78 is 19.0. The third-order valence-corrected chi connectivity index (χ3v) is 20.2. The number of aromatic hydroxyl groups is 1. The maximum Gasteiger partial charge on any atom is 0.409 e. The molecule has 6 aliphatic rings. The van der Waals surface area contributed by atoms with Crippen LogP contribution in [0.1, 0.15) is 145 Å². The number of aryl methyl sites for hydroxylation is 1. The van der Waals surface area contributed by atoms with Gasteiger partial charge in [0, 0.05) is 80.7 Å². The van der Waals surface area contributed by atoms with Gasteiger partial charge in [0.15, 0.2) is 11.6 Å². The molecule has 0 radical (unpaired) electrons. The summed E-state index contributed by atoms with van der Waals surface area (Å²) in [5, 5.41) is 21.6. The SMILES string of the molecule is Cc1ncsc1-c1ccc([C@H](C)NC(=O)[C@@H]2CCCN2C(=O)[C@@H](c2cc(N3CCN(C(=O)OC[C@@H]4CC[C@@]5(COc6nc(N7CCCCCC7)c7cnc8c(c7n6)C(C)c6cccc7cc(O)cc-8c67)CCCN45)C[C@H]3C)no2)C(C)C)cc1. The van der Waals surface area contributed by atoms with Gasteiger partial charge in [-0.25, -0.2) is 9.78 Å². The van der Waals surface area contributed by atoms with Crippen LogP contribution in [0, 0.1) is 12.8 Å². The molecule has 19 heteroatoms. The third-order valence-electron chi connectivity index (χ3n) is 19.2. The summed E-state index contributed by atoms with van der Waals surface area (Å²) in [6.07, 6.45) is 11.3. The minimum absolute atomic E-state index is 0.00231. The number of aromatic nitrogens is 5. The molecule has 7 aromatic rings. The first-order chi connectivity index (χ1) is 40.7. The Morgan fingerprint density at radius 1 is 0.893 bits per heavy atom. The molecule has 7 atom stereocenters. The summed E-state index contributed by atoms with van der Waals surface area (Å²) in [4.78, 5) is 74.0. The lowest BCUT2D eigenvalue weighted by Gasteiger charge is -2.39. The average Bonchev–Trinajstić information content (AvgIpc) is 1.20. The Morgan fingerprint density at radius 2 is 1.71 bits per heavy atom. The number of thiazole rings is 1. The predicted molar refractivity (Wildman–Crippen MR) is 325 cm³/mol. The minimum Gasteiger partial charge on any atom is -0.508 e. The molecule has 440 valence electrons. The van der Waals surface area contributed by atoms with Crippen molar-refractivity contribution >= 4 is 62.6 Å². The Hall–Kier alpha value is -7.38. The number of fused-ring (bicyclic) bond motifs is 5. The lowest BCUT2D eigenvalue weighted by molar-refractivity contribution is -0.141. The van der Waals surface area contributed by atoms with Crippen LogP contribution in [0.15, 0.2) is 76.9 Å². The summed E-state index contributed by atoms with van der Waals surface area (Å²) >= 11 is 1.61. The van der Waals surface area contributed by atoms with Crippen LogP contribution in [0.25, 0.3) is 43.4 Å². The van der Waals surface area contributed by atoms with Crippen molar-refractivity contribution in [3.63, 3.8) is 0 Å². The fourth-order valence-corrected chi connectivity index (χ4v) is 15.6. The number of carbonyl (C=O) groups excluding carboxylic acids is 3. The highest BCUT2D eigenvalue weighted by atomic mass is 32.1. The van der Waals surface area contributed by atoms with E-state index < -0.39 is 12.0 Å². The minimum atomic E-state index is -0.628. The number of phenols is 1. The molecule has 1 unspecified atom stereocenters. The standard InChI is InChI=1S/C65H77N11O7S/c1-38(2)54(62(79)75-26-12-16-51(75)61(78)68-41(5)43-17-19-44(20-18-43)59-42(6)67-37-84-59)52-32-53(71-83-52)74-29-28-73(34-39(74)3)64(80)81-35-46-21-23-65(22-13-27-76(46)65)36-82-63-69-58-50(60(70-63)72-24-9-7-8-10-25-72)33-66-57-49-31-47(77)30-45-14-11-15-48(56(45)49)40(4)55(57)58/h11,14-15,17-20,30-33,37-41,46,51,54,77H,7-10,12-13,16,21-29,34-36H2,1-6H3,(H,68,78)/t39-,40?,41+,46+,51+,54-,65-/m1/s1. The predicted octanol–water partition coefficient (Wildman–Crippen LogP) is 11.1. The molecule has 0 spiro atoms. The first-order valence-corrected chi connectivity index (χ1v) is 31.5. The largest absolute Gasteiger partial charge is 0.508 e. The van der Waals surface area contributed by atoms with Crippen molar-refractivity contribution in [3.8, 4) is 33.5 Å². The summed E-state index contributed by atoms with van der Waals surface area (Å²) in [7, 11) is 0. The Balaban J connectivity index is 0.637. The Bertz CT molecular complexity index is 3620. The van der Waals surface area contributed by atoms with Crippen molar-refractivity contribution in [2.45, 2.75) is 147 Å². The van der Waals surface area contributed by atoms with Crippen LogP contribution >= 0.6 is 11.3 Å². The second-order valence-electron chi connectivity index (χ2n) is 24.9. The number of rotatable bonds is 14. The van der Waals surface area contributed by atoms with Crippen LogP contribution in [0.2, 0.25) is 0 Å². The van der Waals surface area contributed by atoms with Crippen LogP contribution in [-0.2, 0) is 14.3 Å². The number of phenolic OH excluding ortho intramolecular Hbond substituents is 1. The molecule has 3 amide bonds. The van der Waals surface area contributed by atoms with Gasteiger partial charge in [-0.05, 0) is 124 Å². The van der Waals surface area contributed by atoms with Crippen molar-refractivity contribution in [2.75, 3.05) is 68.8 Å². The fraction of sp³-hybridized carbons (Fsp3) is 0.508. The van der Waals surface area contributed by atoms with Gasteiger partial charge in [-0.15, -0.1) is 11.3 Å². The molecule has 18 nitrogen and oxygen atoms in total. The number of likely N-dealkylation sites (tertiary alicyclic amines) is 1. The number of nitrogens with zero attached hydrogens (tertiary/aromatic N) is 10. The molecular weight excluding hydrogens is 1080 g/mol. The number of amides is 3. The van der Waals surface area contributed by atoms with Crippen molar-refractivity contribution in [1.82, 2.24) is 45.1 Å². The summed E-state index contributed by atoms with van der Waals surface area (Å²) in [5.74, 6) is 1.11. The number of piperazine rings is 1. The number of hydrogen-bond donors (Lipinski definition) is 2. The highest BCUT2D eigenvalue weighted by Crippen LogP contribution is 2.49. The van der Waals surface area contributed by atoms with E-state index in [1.54, 1.807) is 21.1 Å². The van der Waals surface area contributed by atoms with E-state index in [-0.39, 0.29) is 59.2 Å². The Kier molecular flexibility index (Phi) is 15.2. The van der Waals surface area contributed by atoms with Crippen LogP contribution in [0.5, 0.6) is 11.8 Å². The number of benzene rings is 3. The van der Waals surface area contributed by atoms with Crippen molar-refractivity contribution < 1.29 is 33.5 Å². The molecule has 0 saturated carbocycles. The zero-order valence-electron chi connectivity index (χ0n) is 49.2. The van der Waals surface area contributed by atoms with Gasteiger partial charge in [0.2, 0.25) is 11.8 Å². The van der Waals surface area contributed by atoms with Gasteiger partial charge in [0.25, 0.3) is 0 Å². The zero-order valence-corrected chi connectivity index (χ0v) is 50.0. The smallest absolute Gasteiger partial charge is 0.409 e. The molecule has 1 aliphatic carbocycles. The molecule has 9 heterocycles. The van der Waals surface area contributed by atoms with Crippen molar-refractivity contribution in [1.29, 1.82) is 0 Å². The highest BCUT2D eigenvalue weighted by Gasteiger charge is 2.51. The lowest BCUT2D eigenvalue weighted by atomic mass is 9.79. The normalized spacial score (nSPS) is 23.2. The summed E-state index contributed by atoms with van der Waals surface area (Å²) in [6.45, 7) is 17.6.